The van der Waals surface area contributed by atoms with Gasteiger partial charge in [0, 0.05) is 17.8 Å². The fraction of sp³-hybridized carbons (Fsp3) is 0.500. The largest absolute Gasteiger partial charge is 0.349 e. The van der Waals surface area contributed by atoms with E-state index in [0.717, 1.165) is 6.42 Å². The molecule has 1 aromatic heterocycles. The first-order chi connectivity index (χ1) is 7.54. The van der Waals surface area contributed by atoms with Gasteiger partial charge in [-0.15, -0.1) is 0 Å². The molecule has 0 saturated carbocycles. The van der Waals surface area contributed by atoms with Crippen LogP contribution in [0.1, 0.15) is 37.6 Å². The van der Waals surface area contributed by atoms with Crippen LogP contribution in [0.5, 0.6) is 0 Å². The van der Waals surface area contributed by atoms with Crippen molar-refractivity contribution < 1.29 is 4.79 Å². The van der Waals surface area contributed by atoms with Crippen LogP contribution in [0.2, 0.25) is 0 Å². The minimum absolute atomic E-state index is 0.0383. The van der Waals surface area contributed by atoms with Crippen molar-refractivity contribution in [2.24, 2.45) is 5.92 Å². The average molecular weight is 285 g/mol. The van der Waals surface area contributed by atoms with Crippen LogP contribution in [0.4, 0.5) is 0 Å². The van der Waals surface area contributed by atoms with Crippen molar-refractivity contribution in [2.45, 2.75) is 33.2 Å². The van der Waals surface area contributed by atoms with Crippen molar-refractivity contribution in [3.05, 3.63) is 28.5 Å². The van der Waals surface area contributed by atoms with Crippen LogP contribution in [0, 0.1) is 5.92 Å². The van der Waals surface area contributed by atoms with Crippen molar-refractivity contribution in [1.29, 1.82) is 0 Å². The van der Waals surface area contributed by atoms with E-state index in [4.69, 9.17) is 0 Å². The lowest BCUT2D eigenvalue weighted by atomic mass is 10.0. The van der Waals surface area contributed by atoms with Crippen LogP contribution in [0.25, 0.3) is 0 Å². The van der Waals surface area contributed by atoms with Gasteiger partial charge in [-0.2, -0.15) is 0 Å². The second kappa shape index (κ2) is 5.99. The highest BCUT2D eigenvalue weighted by Gasteiger charge is 2.15. The summed E-state index contributed by atoms with van der Waals surface area (Å²) in [5.74, 6) is 0.405. The van der Waals surface area contributed by atoms with Gasteiger partial charge in [0.15, 0.2) is 0 Å². The summed E-state index contributed by atoms with van der Waals surface area (Å²) in [4.78, 5) is 15.9. The Kier molecular flexibility index (Phi) is 4.93. The topological polar surface area (TPSA) is 42.0 Å². The zero-order valence-corrected chi connectivity index (χ0v) is 11.4. The maximum atomic E-state index is 11.9. The smallest absolute Gasteiger partial charge is 0.251 e. The quantitative estimate of drug-likeness (QED) is 0.864. The molecule has 0 saturated heterocycles. The van der Waals surface area contributed by atoms with Crippen LogP contribution in [0.15, 0.2) is 22.9 Å². The number of hydrogen-bond acceptors (Lipinski definition) is 2. The molecular weight excluding hydrogens is 268 g/mol. The van der Waals surface area contributed by atoms with Crippen LogP contribution in [-0.2, 0) is 0 Å². The van der Waals surface area contributed by atoms with E-state index in [1.165, 1.54) is 0 Å². The van der Waals surface area contributed by atoms with Gasteiger partial charge in [-0.3, -0.25) is 4.79 Å². The molecule has 0 aromatic carbocycles. The molecule has 1 unspecified atom stereocenters. The number of halogens is 1. The lowest BCUT2D eigenvalue weighted by Gasteiger charge is -2.20. The predicted molar refractivity (Wildman–Crippen MR) is 68.3 cm³/mol. The maximum Gasteiger partial charge on any atom is 0.251 e. The number of pyridine rings is 1. The molecule has 1 rings (SSSR count). The molecule has 88 valence electrons. The van der Waals surface area contributed by atoms with Gasteiger partial charge in [-0.1, -0.05) is 20.8 Å². The van der Waals surface area contributed by atoms with E-state index in [-0.39, 0.29) is 11.9 Å². The highest BCUT2D eigenvalue weighted by Crippen LogP contribution is 2.10. The van der Waals surface area contributed by atoms with Gasteiger partial charge in [0.25, 0.3) is 5.91 Å². The summed E-state index contributed by atoms with van der Waals surface area (Å²) in [6.07, 6.45) is 2.56. The molecule has 1 aromatic rings. The molecule has 0 radical (unpaired) electrons. The van der Waals surface area contributed by atoms with Crippen LogP contribution < -0.4 is 5.32 Å². The van der Waals surface area contributed by atoms with E-state index in [1.54, 1.807) is 18.3 Å². The SMILES string of the molecule is CCC(NC(=O)c1ccnc(Br)c1)C(C)C. The Labute approximate surface area is 105 Å². The second-order valence-corrected chi connectivity index (χ2v) is 4.91. The Bertz CT molecular complexity index is 366. The summed E-state index contributed by atoms with van der Waals surface area (Å²) in [7, 11) is 0. The molecule has 0 aliphatic heterocycles. The van der Waals surface area contributed by atoms with Crippen molar-refractivity contribution in [2.75, 3.05) is 0 Å². The third kappa shape index (κ3) is 3.59. The number of nitrogens with zero attached hydrogens (tertiary/aromatic N) is 1. The van der Waals surface area contributed by atoms with Gasteiger partial charge >= 0.3 is 0 Å². The van der Waals surface area contributed by atoms with E-state index in [9.17, 15) is 4.79 Å². The monoisotopic (exact) mass is 284 g/mol. The fourth-order valence-electron chi connectivity index (χ4n) is 1.54. The number of carbonyl (C=O) groups excluding carboxylic acids is 1. The summed E-state index contributed by atoms with van der Waals surface area (Å²) >= 11 is 3.25. The fourth-order valence-corrected chi connectivity index (χ4v) is 1.90. The molecule has 0 spiro atoms. The molecule has 1 atom stereocenters. The number of aromatic nitrogens is 1. The minimum Gasteiger partial charge on any atom is -0.349 e. The highest BCUT2D eigenvalue weighted by atomic mass is 79.9. The summed E-state index contributed by atoms with van der Waals surface area (Å²) in [5.41, 5.74) is 0.640. The Morgan fingerprint density at radius 2 is 2.25 bits per heavy atom. The summed E-state index contributed by atoms with van der Waals surface area (Å²) < 4.78 is 0.678. The second-order valence-electron chi connectivity index (χ2n) is 4.10. The van der Waals surface area contributed by atoms with Crippen molar-refractivity contribution in [1.82, 2.24) is 10.3 Å². The summed E-state index contributed by atoms with van der Waals surface area (Å²) in [6, 6.07) is 3.66. The number of nitrogens with one attached hydrogen (secondary N) is 1. The number of hydrogen-bond donors (Lipinski definition) is 1. The molecule has 0 fully saturated rings. The average Bonchev–Trinajstić information content (AvgIpc) is 2.25. The highest BCUT2D eigenvalue weighted by molar-refractivity contribution is 9.10. The standard InChI is InChI=1S/C12H17BrN2O/c1-4-10(8(2)3)15-12(16)9-5-6-14-11(13)7-9/h5-8,10H,4H2,1-3H3,(H,15,16). The molecule has 0 aliphatic carbocycles. The van der Waals surface area contributed by atoms with Gasteiger partial charge in [0.1, 0.15) is 4.60 Å². The Balaban J connectivity index is 2.72. The lowest BCUT2D eigenvalue weighted by Crippen LogP contribution is -2.38. The normalized spacial score (nSPS) is 12.6. The molecule has 0 bridgehead atoms. The Morgan fingerprint density at radius 1 is 1.56 bits per heavy atom. The third-order valence-electron chi connectivity index (χ3n) is 2.55. The lowest BCUT2D eigenvalue weighted by molar-refractivity contribution is 0.0924. The van der Waals surface area contributed by atoms with E-state index in [1.807, 2.05) is 0 Å². The van der Waals surface area contributed by atoms with Crippen molar-refractivity contribution in [3.63, 3.8) is 0 Å². The first-order valence-electron chi connectivity index (χ1n) is 5.47. The zero-order chi connectivity index (χ0) is 12.1. The van der Waals surface area contributed by atoms with Crippen molar-refractivity contribution >= 4 is 21.8 Å². The van der Waals surface area contributed by atoms with E-state index < -0.39 is 0 Å². The maximum absolute atomic E-state index is 11.9. The number of carbonyl (C=O) groups is 1. The van der Waals surface area contributed by atoms with Crippen LogP contribution in [0.3, 0.4) is 0 Å². The van der Waals surface area contributed by atoms with Gasteiger partial charge in [-0.25, -0.2) is 4.98 Å². The third-order valence-corrected chi connectivity index (χ3v) is 2.98. The van der Waals surface area contributed by atoms with Gasteiger partial charge < -0.3 is 5.32 Å². The van der Waals surface area contributed by atoms with Gasteiger partial charge in [0.2, 0.25) is 0 Å². The first-order valence-corrected chi connectivity index (χ1v) is 6.26. The Hall–Kier alpha value is -0.900. The molecule has 1 N–H and O–H groups in total. The number of amides is 1. The molecule has 1 amide bonds. The van der Waals surface area contributed by atoms with Gasteiger partial charge in [0.05, 0.1) is 0 Å². The van der Waals surface area contributed by atoms with Crippen LogP contribution in [-0.4, -0.2) is 16.9 Å². The van der Waals surface area contributed by atoms with Gasteiger partial charge in [-0.05, 0) is 40.4 Å². The number of rotatable bonds is 4. The minimum atomic E-state index is -0.0383. The summed E-state index contributed by atoms with van der Waals surface area (Å²) in [5, 5.41) is 3.02. The molecule has 16 heavy (non-hydrogen) atoms. The summed E-state index contributed by atoms with van der Waals surface area (Å²) in [6.45, 7) is 6.29. The molecule has 0 aliphatic rings. The van der Waals surface area contributed by atoms with E-state index >= 15 is 0 Å². The Morgan fingerprint density at radius 3 is 2.75 bits per heavy atom. The first kappa shape index (κ1) is 13.2. The van der Waals surface area contributed by atoms with Crippen molar-refractivity contribution in [3.8, 4) is 0 Å². The van der Waals surface area contributed by atoms with E-state index in [0.29, 0.717) is 16.1 Å². The molecule has 4 heteroatoms. The van der Waals surface area contributed by atoms with Crippen LogP contribution >= 0.6 is 15.9 Å². The van der Waals surface area contributed by atoms with E-state index in [2.05, 4.69) is 47.0 Å². The zero-order valence-electron chi connectivity index (χ0n) is 9.83. The molecule has 1 heterocycles. The molecule has 3 nitrogen and oxygen atoms in total. The molecular formula is C12H17BrN2O. The predicted octanol–water partition coefficient (Wildman–Crippen LogP) is 3.01.